The third-order valence-electron chi connectivity index (χ3n) is 3.37. The fourth-order valence-electron chi connectivity index (χ4n) is 2.34. The summed E-state index contributed by atoms with van der Waals surface area (Å²) < 4.78 is 5.46. The van der Waals surface area contributed by atoms with Crippen molar-refractivity contribution < 1.29 is 14.3 Å². The van der Waals surface area contributed by atoms with Crippen molar-refractivity contribution in [3.05, 3.63) is 0 Å². The second-order valence-electron chi connectivity index (χ2n) is 5.33. The number of carbonyl (C=O) groups is 2. The van der Waals surface area contributed by atoms with Crippen molar-refractivity contribution in [2.45, 2.75) is 38.3 Å². The summed E-state index contributed by atoms with van der Waals surface area (Å²) in [5.74, 6) is -0.263. The summed E-state index contributed by atoms with van der Waals surface area (Å²) in [6.07, 6.45) is 1.27. The van der Waals surface area contributed by atoms with Crippen LogP contribution in [-0.4, -0.2) is 62.1 Å². The molecule has 1 rings (SSSR count). The van der Waals surface area contributed by atoms with Crippen LogP contribution in [0.15, 0.2) is 0 Å². The van der Waals surface area contributed by atoms with Gasteiger partial charge in [0.1, 0.15) is 5.60 Å². The molecule has 0 spiro atoms. The molecule has 0 bridgehead atoms. The average molecular weight is 308 g/mol. The highest BCUT2D eigenvalue weighted by molar-refractivity contribution is 5.89. The maximum atomic E-state index is 12.5. The summed E-state index contributed by atoms with van der Waals surface area (Å²) >= 11 is 0. The van der Waals surface area contributed by atoms with E-state index in [4.69, 9.17) is 4.74 Å². The van der Waals surface area contributed by atoms with Gasteiger partial charge in [0, 0.05) is 20.2 Å². The highest BCUT2D eigenvalue weighted by Crippen LogP contribution is 2.24. The largest absolute Gasteiger partial charge is 0.368 e. The zero-order chi connectivity index (χ0) is 14.5. The summed E-state index contributed by atoms with van der Waals surface area (Å²) in [5.41, 5.74) is -0.780. The van der Waals surface area contributed by atoms with E-state index in [1.54, 1.807) is 14.2 Å². The Hall–Kier alpha value is -0.850. The molecule has 2 amide bonds. The van der Waals surface area contributed by atoms with Crippen LogP contribution in [0.3, 0.4) is 0 Å². The van der Waals surface area contributed by atoms with Crippen molar-refractivity contribution in [1.29, 1.82) is 0 Å². The lowest BCUT2D eigenvalue weighted by molar-refractivity contribution is -0.158. The molecule has 0 aromatic rings. The number of methoxy groups -OCH3 is 1. The Balaban J connectivity index is 0.00000361. The number of halogens is 1. The minimum atomic E-state index is -0.780. The first kappa shape index (κ1) is 19.1. The molecule has 0 aromatic heterocycles. The molecule has 0 aromatic carbocycles. The Morgan fingerprint density at radius 3 is 2.35 bits per heavy atom. The number of nitrogens with zero attached hydrogens (tertiary/aromatic N) is 1. The Labute approximate surface area is 127 Å². The van der Waals surface area contributed by atoms with E-state index in [1.807, 2.05) is 13.8 Å². The van der Waals surface area contributed by atoms with Gasteiger partial charge >= 0.3 is 0 Å². The predicted molar refractivity (Wildman–Crippen MR) is 80.0 cm³/mol. The van der Waals surface area contributed by atoms with E-state index in [0.29, 0.717) is 12.8 Å². The van der Waals surface area contributed by atoms with Crippen molar-refractivity contribution in [2.75, 3.05) is 33.8 Å². The molecule has 0 saturated carbocycles. The van der Waals surface area contributed by atoms with Crippen molar-refractivity contribution in [3.63, 3.8) is 0 Å². The Morgan fingerprint density at radius 2 is 1.90 bits per heavy atom. The van der Waals surface area contributed by atoms with Gasteiger partial charge in [0.15, 0.2) is 0 Å². The lowest BCUT2D eigenvalue weighted by Gasteiger charge is -2.37. The van der Waals surface area contributed by atoms with E-state index in [2.05, 4.69) is 10.6 Å². The van der Waals surface area contributed by atoms with Crippen LogP contribution < -0.4 is 10.6 Å². The molecular formula is C13H26ClN3O3. The quantitative estimate of drug-likeness (QED) is 0.759. The Bertz CT molecular complexity index is 331. The molecule has 6 nitrogen and oxygen atoms in total. The van der Waals surface area contributed by atoms with Crippen LogP contribution in [0.5, 0.6) is 0 Å². The van der Waals surface area contributed by atoms with E-state index in [9.17, 15) is 9.59 Å². The van der Waals surface area contributed by atoms with Gasteiger partial charge in [-0.05, 0) is 39.8 Å². The molecule has 1 saturated heterocycles. The van der Waals surface area contributed by atoms with Crippen LogP contribution in [0.2, 0.25) is 0 Å². The molecule has 0 aliphatic carbocycles. The highest BCUT2D eigenvalue weighted by atomic mass is 35.5. The van der Waals surface area contributed by atoms with Gasteiger partial charge in [0.25, 0.3) is 5.91 Å². The number of rotatable bonds is 5. The van der Waals surface area contributed by atoms with Gasteiger partial charge in [-0.25, -0.2) is 0 Å². The Kier molecular flexibility index (Phi) is 8.08. The van der Waals surface area contributed by atoms with Gasteiger partial charge in [-0.1, -0.05) is 0 Å². The zero-order valence-electron chi connectivity index (χ0n) is 12.7. The number of piperidine rings is 1. The Morgan fingerprint density at radius 1 is 1.35 bits per heavy atom. The molecule has 0 atom stereocenters. The summed E-state index contributed by atoms with van der Waals surface area (Å²) in [6, 6.07) is 0.0752. The molecule has 1 heterocycles. The number of hydrogen-bond acceptors (Lipinski definition) is 4. The fraction of sp³-hybridized carbons (Fsp3) is 0.846. The minimum absolute atomic E-state index is 0. The summed E-state index contributed by atoms with van der Waals surface area (Å²) in [5, 5.41) is 5.98. The zero-order valence-corrected chi connectivity index (χ0v) is 13.5. The minimum Gasteiger partial charge on any atom is -0.368 e. The predicted octanol–water partition coefficient (Wildman–Crippen LogP) is 0.160. The normalized spacial score (nSPS) is 17.2. The first-order valence-electron chi connectivity index (χ1n) is 6.72. The van der Waals surface area contributed by atoms with Gasteiger partial charge in [0.2, 0.25) is 5.91 Å². The molecule has 118 valence electrons. The van der Waals surface area contributed by atoms with E-state index in [1.165, 1.54) is 4.90 Å². The fourth-order valence-corrected chi connectivity index (χ4v) is 2.34. The number of ether oxygens (including phenoxy) is 1. The second kappa shape index (κ2) is 8.44. The second-order valence-corrected chi connectivity index (χ2v) is 5.33. The van der Waals surface area contributed by atoms with Crippen LogP contribution in [-0.2, 0) is 14.3 Å². The average Bonchev–Trinajstić information content (AvgIpc) is 2.37. The van der Waals surface area contributed by atoms with Crippen LogP contribution in [0.25, 0.3) is 0 Å². The SMILES string of the molecule is COC1(C(=O)N(C)CC(=O)NC(C)C)CCNCC1.Cl. The molecule has 1 fully saturated rings. The summed E-state index contributed by atoms with van der Waals surface area (Å²) in [7, 11) is 3.20. The first-order valence-corrected chi connectivity index (χ1v) is 6.72. The van der Waals surface area contributed by atoms with Crippen LogP contribution >= 0.6 is 12.4 Å². The number of amides is 2. The lowest BCUT2D eigenvalue weighted by Crippen LogP contribution is -2.56. The molecule has 0 radical (unpaired) electrons. The number of hydrogen-bond donors (Lipinski definition) is 2. The number of likely N-dealkylation sites (N-methyl/N-ethyl adjacent to an activating group) is 1. The van der Waals surface area contributed by atoms with E-state index < -0.39 is 5.60 Å². The monoisotopic (exact) mass is 307 g/mol. The lowest BCUT2D eigenvalue weighted by atomic mass is 9.90. The van der Waals surface area contributed by atoms with Gasteiger partial charge in [0.05, 0.1) is 6.54 Å². The van der Waals surface area contributed by atoms with Crippen LogP contribution in [0.4, 0.5) is 0 Å². The molecule has 2 N–H and O–H groups in total. The third kappa shape index (κ3) is 4.92. The van der Waals surface area contributed by atoms with Crippen molar-refractivity contribution in [2.24, 2.45) is 0 Å². The van der Waals surface area contributed by atoms with E-state index >= 15 is 0 Å². The third-order valence-corrected chi connectivity index (χ3v) is 3.37. The van der Waals surface area contributed by atoms with E-state index in [0.717, 1.165) is 13.1 Å². The van der Waals surface area contributed by atoms with Crippen molar-refractivity contribution in [3.8, 4) is 0 Å². The van der Waals surface area contributed by atoms with Gasteiger partial charge in [-0.3, -0.25) is 9.59 Å². The molecule has 1 aliphatic rings. The smallest absolute Gasteiger partial charge is 0.255 e. The highest BCUT2D eigenvalue weighted by Gasteiger charge is 2.41. The van der Waals surface area contributed by atoms with Gasteiger partial charge in [-0.15, -0.1) is 12.4 Å². The molecule has 0 unspecified atom stereocenters. The maximum absolute atomic E-state index is 12.5. The van der Waals surface area contributed by atoms with Crippen LogP contribution in [0.1, 0.15) is 26.7 Å². The molecular weight excluding hydrogens is 282 g/mol. The van der Waals surface area contributed by atoms with E-state index in [-0.39, 0.29) is 36.8 Å². The van der Waals surface area contributed by atoms with Crippen molar-refractivity contribution in [1.82, 2.24) is 15.5 Å². The van der Waals surface area contributed by atoms with Gasteiger partial charge < -0.3 is 20.3 Å². The molecule has 20 heavy (non-hydrogen) atoms. The first-order chi connectivity index (χ1) is 8.91. The standard InChI is InChI=1S/C13H25N3O3.ClH/c1-10(2)15-11(17)9-16(3)12(18)13(19-4)5-7-14-8-6-13;/h10,14H,5-9H2,1-4H3,(H,15,17);1H. The van der Waals surface area contributed by atoms with Crippen molar-refractivity contribution >= 4 is 24.2 Å². The van der Waals surface area contributed by atoms with Gasteiger partial charge in [-0.2, -0.15) is 0 Å². The summed E-state index contributed by atoms with van der Waals surface area (Å²) in [4.78, 5) is 25.6. The molecule has 1 aliphatic heterocycles. The maximum Gasteiger partial charge on any atom is 0.255 e. The number of carbonyl (C=O) groups excluding carboxylic acids is 2. The number of nitrogens with one attached hydrogen (secondary N) is 2. The summed E-state index contributed by atoms with van der Waals surface area (Å²) in [6.45, 7) is 5.36. The molecule has 7 heteroatoms. The van der Waals surface area contributed by atoms with Crippen LogP contribution in [0, 0.1) is 0 Å². The topological polar surface area (TPSA) is 70.7 Å².